The number of methoxy groups -OCH3 is 1. The summed E-state index contributed by atoms with van der Waals surface area (Å²) in [7, 11) is 1.46. The van der Waals surface area contributed by atoms with Crippen molar-refractivity contribution in [2.45, 2.75) is 18.7 Å². The number of carbonyl (C=O) groups is 1. The van der Waals surface area contributed by atoms with Crippen LogP contribution in [0, 0.1) is 0 Å². The number of aliphatic hydroxyl groups excluding tert-OH is 2. The molecule has 1 aromatic carbocycles. The topological polar surface area (TPSA) is 91.3 Å². The second-order valence-corrected chi connectivity index (χ2v) is 5.59. The zero-order valence-corrected chi connectivity index (χ0v) is 13.3. The van der Waals surface area contributed by atoms with E-state index in [1.807, 2.05) is 24.3 Å². The first-order valence-corrected chi connectivity index (χ1v) is 7.63. The Morgan fingerprint density at radius 2 is 2.26 bits per heavy atom. The number of rotatable bonds is 8. The van der Waals surface area contributed by atoms with Crippen LogP contribution >= 0.6 is 0 Å². The normalized spacial score (nSPS) is 21.3. The van der Waals surface area contributed by atoms with Crippen molar-refractivity contribution < 1.29 is 24.5 Å². The molecule has 0 saturated carbocycles. The number of hydrogen-bond acceptors (Lipinski definition) is 6. The number of nitrogens with zero attached hydrogens (tertiary/aromatic N) is 1. The lowest BCUT2D eigenvalue weighted by Gasteiger charge is -2.17. The molecule has 0 unspecified atom stereocenters. The Balaban J connectivity index is 1.87. The van der Waals surface area contributed by atoms with E-state index in [1.54, 1.807) is 0 Å². The van der Waals surface area contributed by atoms with E-state index in [9.17, 15) is 9.90 Å². The number of benzene rings is 1. The molecule has 1 fully saturated rings. The summed E-state index contributed by atoms with van der Waals surface area (Å²) in [6, 6.07) is 7.35. The molecule has 0 spiro atoms. The van der Waals surface area contributed by atoms with Gasteiger partial charge in [-0.3, -0.25) is 9.69 Å². The van der Waals surface area contributed by atoms with Crippen LogP contribution in [0.2, 0.25) is 0 Å². The number of nitrogens with one attached hydrogen (secondary N) is 1. The Morgan fingerprint density at radius 3 is 3.00 bits per heavy atom. The fourth-order valence-electron chi connectivity index (χ4n) is 2.67. The molecule has 0 bridgehead atoms. The van der Waals surface area contributed by atoms with Crippen molar-refractivity contribution in [3.05, 3.63) is 29.8 Å². The Kier molecular flexibility index (Phi) is 6.79. The molecule has 2 rings (SSSR count). The van der Waals surface area contributed by atoms with Crippen molar-refractivity contribution in [1.82, 2.24) is 10.2 Å². The van der Waals surface area contributed by atoms with Crippen molar-refractivity contribution in [2.24, 2.45) is 0 Å². The monoisotopic (exact) mass is 324 g/mol. The molecular formula is C16H24N2O5. The highest BCUT2D eigenvalue weighted by atomic mass is 16.5. The van der Waals surface area contributed by atoms with Gasteiger partial charge in [0, 0.05) is 26.7 Å². The number of ether oxygens (including phenoxy) is 2. The van der Waals surface area contributed by atoms with Gasteiger partial charge in [0.25, 0.3) is 0 Å². The predicted molar refractivity (Wildman–Crippen MR) is 84.1 cm³/mol. The number of carbonyl (C=O) groups excluding carboxylic acids is 1. The molecule has 0 radical (unpaired) electrons. The van der Waals surface area contributed by atoms with Crippen LogP contribution in [0.4, 0.5) is 0 Å². The zero-order chi connectivity index (χ0) is 16.7. The lowest BCUT2D eigenvalue weighted by atomic mass is 10.2. The van der Waals surface area contributed by atoms with Crippen molar-refractivity contribution >= 4 is 5.91 Å². The lowest BCUT2D eigenvalue weighted by molar-refractivity contribution is -0.125. The third kappa shape index (κ3) is 5.47. The van der Waals surface area contributed by atoms with Gasteiger partial charge in [0.2, 0.25) is 5.91 Å². The second kappa shape index (κ2) is 8.83. The van der Waals surface area contributed by atoms with Crippen LogP contribution in [0.5, 0.6) is 5.75 Å². The molecular weight excluding hydrogens is 300 g/mol. The van der Waals surface area contributed by atoms with Gasteiger partial charge in [-0.05, 0) is 17.7 Å². The average Bonchev–Trinajstić information content (AvgIpc) is 2.85. The zero-order valence-electron chi connectivity index (χ0n) is 13.3. The number of amides is 1. The minimum absolute atomic E-state index is 0.00649. The maximum Gasteiger partial charge on any atom is 0.246 e. The summed E-state index contributed by atoms with van der Waals surface area (Å²) in [5.74, 6) is 0.485. The molecule has 0 aromatic heterocycles. The van der Waals surface area contributed by atoms with E-state index >= 15 is 0 Å². The third-order valence-electron chi connectivity index (χ3n) is 3.65. The quantitative estimate of drug-likeness (QED) is 0.590. The van der Waals surface area contributed by atoms with Gasteiger partial charge in [0.15, 0.2) is 0 Å². The summed E-state index contributed by atoms with van der Waals surface area (Å²) in [6.07, 6.45) is -0.593. The van der Waals surface area contributed by atoms with Gasteiger partial charge in [0.05, 0.1) is 18.8 Å². The molecule has 1 saturated heterocycles. The van der Waals surface area contributed by atoms with Crippen LogP contribution in [0.15, 0.2) is 24.3 Å². The maximum absolute atomic E-state index is 11.6. The van der Waals surface area contributed by atoms with Crippen LogP contribution in [0.3, 0.4) is 0 Å². The van der Waals surface area contributed by atoms with Gasteiger partial charge in [-0.2, -0.15) is 0 Å². The Morgan fingerprint density at radius 1 is 1.43 bits per heavy atom. The van der Waals surface area contributed by atoms with Gasteiger partial charge in [-0.15, -0.1) is 0 Å². The van der Waals surface area contributed by atoms with E-state index in [0.717, 1.165) is 5.56 Å². The minimum Gasteiger partial charge on any atom is -0.491 e. The number of β-amino-alcohol motifs (C(OH)–C–C–N with tert-alkyl or cyclic N) is 1. The largest absolute Gasteiger partial charge is 0.491 e. The van der Waals surface area contributed by atoms with Gasteiger partial charge >= 0.3 is 0 Å². The highest BCUT2D eigenvalue weighted by Gasteiger charge is 2.32. The molecule has 0 aliphatic carbocycles. The fourth-order valence-corrected chi connectivity index (χ4v) is 2.67. The first-order valence-electron chi connectivity index (χ1n) is 7.63. The summed E-state index contributed by atoms with van der Waals surface area (Å²) in [5, 5.41) is 21.6. The van der Waals surface area contributed by atoms with Gasteiger partial charge in [-0.1, -0.05) is 12.1 Å². The predicted octanol–water partition coefficient (Wildman–Crippen LogP) is -0.635. The summed E-state index contributed by atoms with van der Waals surface area (Å²) >= 11 is 0. The van der Waals surface area contributed by atoms with E-state index in [0.29, 0.717) is 25.4 Å². The standard InChI is InChI=1S/C16H24N2O5/c1-22-11-16(21)17-14-9-18(10-15(14)20)8-12-3-2-4-13(7-12)23-6-5-19/h2-4,7,14-15,19-20H,5-6,8-11H2,1H3,(H,17,21)/t14-,15-/m1/s1. The molecule has 1 amide bonds. The first-order chi connectivity index (χ1) is 11.1. The summed E-state index contributed by atoms with van der Waals surface area (Å²) < 4.78 is 10.2. The maximum atomic E-state index is 11.6. The van der Waals surface area contributed by atoms with Gasteiger partial charge in [-0.25, -0.2) is 0 Å². The SMILES string of the molecule is COCC(=O)N[C@@H]1CN(Cc2cccc(OCCO)c2)C[C@H]1O. The molecule has 7 nitrogen and oxygen atoms in total. The summed E-state index contributed by atoms with van der Waals surface area (Å²) in [4.78, 5) is 13.6. The first kappa shape index (κ1) is 17.7. The van der Waals surface area contributed by atoms with Crippen LogP contribution in [-0.2, 0) is 16.1 Å². The molecule has 128 valence electrons. The lowest BCUT2D eigenvalue weighted by Crippen LogP contribution is -2.44. The smallest absolute Gasteiger partial charge is 0.246 e. The molecule has 23 heavy (non-hydrogen) atoms. The Bertz CT molecular complexity index is 511. The summed E-state index contributed by atoms with van der Waals surface area (Å²) in [5.41, 5.74) is 1.05. The fraction of sp³-hybridized carbons (Fsp3) is 0.562. The van der Waals surface area contributed by atoms with E-state index < -0.39 is 6.10 Å². The van der Waals surface area contributed by atoms with Crippen LogP contribution < -0.4 is 10.1 Å². The van der Waals surface area contributed by atoms with E-state index in [1.165, 1.54) is 7.11 Å². The van der Waals surface area contributed by atoms with Crippen molar-refractivity contribution in [3.8, 4) is 5.75 Å². The van der Waals surface area contributed by atoms with Crippen molar-refractivity contribution in [3.63, 3.8) is 0 Å². The number of aliphatic hydroxyl groups is 2. The summed E-state index contributed by atoms with van der Waals surface area (Å²) in [6.45, 7) is 1.97. The second-order valence-electron chi connectivity index (χ2n) is 5.59. The van der Waals surface area contributed by atoms with E-state index in [2.05, 4.69) is 10.2 Å². The third-order valence-corrected chi connectivity index (χ3v) is 3.65. The molecule has 1 aromatic rings. The molecule has 3 N–H and O–H groups in total. The van der Waals surface area contributed by atoms with Crippen molar-refractivity contribution in [2.75, 3.05) is 40.0 Å². The molecule has 1 aliphatic rings. The molecule has 7 heteroatoms. The highest BCUT2D eigenvalue weighted by molar-refractivity contribution is 5.77. The van der Waals surface area contributed by atoms with E-state index in [-0.39, 0.29) is 31.8 Å². The Hall–Kier alpha value is -1.67. The van der Waals surface area contributed by atoms with Crippen LogP contribution in [-0.4, -0.2) is 73.2 Å². The number of likely N-dealkylation sites (tertiary alicyclic amines) is 1. The van der Waals surface area contributed by atoms with Crippen LogP contribution in [0.25, 0.3) is 0 Å². The highest BCUT2D eigenvalue weighted by Crippen LogP contribution is 2.18. The average molecular weight is 324 g/mol. The van der Waals surface area contributed by atoms with Gasteiger partial charge < -0.3 is 25.0 Å². The molecule has 1 heterocycles. The van der Waals surface area contributed by atoms with Crippen molar-refractivity contribution in [1.29, 1.82) is 0 Å². The van der Waals surface area contributed by atoms with Crippen LogP contribution in [0.1, 0.15) is 5.56 Å². The van der Waals surface area contributed by atoms with Gasteiger partial charge in [0.1, 0.15) is 19.0 Å². The molecule has 2 atom stereocenters. The number of hydrogen-bond donors (Lipinski definition) is 3. The van der Waals surface area contributed by atoms with E-state index in [4.69, 9.17) is 14.6 Å². The minimum atomic E-state index is -0.593. The Labute approximate surface area is 135 Å². The molecule has 1 aliphatic heterocycles.